The number of hydrogen-bond donors (Lipinski definition) is 2. The van der Waals surface area contributed by atoms with Gasteiger partial charge < -0.3 is 5.32 Å². The van der Waals surface area contributed by atoms with Gasteiger partial charge in [0.2, 0.25) is 10.0 Å². The molecule has 1 aromatic carbocycles. The highest BCUT2D eigenvalue weighted by molar-refractivity contribution is 7.89. The van der Waals surface area contributed by atoms with E-state index in [0.717, 1.165) is 25.9 Å². The number of sulfonamides is 1. The molecule has 2 rings (SSSR count). The third kappa shape index (κ3) is 4.07. The molecule has 1 aromatic rings. The first-order chi connectivity index (χ1) is 8.99. The molecule has 2 N–H and O–H groups in total. The minimum Gasteiger partial charge on any atom is -0.316 e. The molecule has 1 aliphatic heterocycles. The van der Waals surface area contributed by atoms with E-state index in [1.165, 1.54) is 12.1 Å². The predicted molar refractivity (Wildman–Crippen MR) is 77.2 cm³/mol. The van der Waals surface area contributed by atoms with E-state index in [1.54, 1.807) is 6.07 Å². The van der Waals surface area contributed by atoms with Crippen LogP contribution in [0.15, 0.2) is 23.1 Å². The summed E-state index contributed by atoms with van der Waals surface area (Å²) in [6.45, 7) is 2.38. The van der Waals surface area contributed by atoms with E-state index in [9.17, 15) is 8.42 Å². The van der Waals surface area contributed by atoms with Crippen molar-refractivity contribution in [2.45, 2.75) is 17.7 Å². The topological polar surface area (TPSA) is 58.2 Å². The third-order valence-corrected chi connectivity index (χ3v) is 5.37. The number of benzene rings is 1. The molecular weight excluding hydrogens is 307 g/mol. The predicted octanol–water partition coefficient (Wildman–Crippen LogP) is 2.27. The first kappa shape index (κ1) is 15.1. The van der Waals surface area contributed by atoms with E-state index in [2.05, 4.69) is 10.0 Å². The quantitative estimate of drug-likeness (QED) is 0.874. The van der Waals surface area contributed by atoms with Crippen LogP contribution in [0.4, 0.5) is 0 Å². The normalized spacial score (nSPS) is 19.8. The van der Waals surface area contributed by atoms with Crippen molar-refractivity contribution in [2.24, 2.45) is 5.92 Å². The molecule has 4 nitrogen and oxygen atoms in total. The van der Waals surface area contributed by atoms with Gasteiger partial charge in [-0.1, -0.05) is 23.2 Å². The fourth-order valence-corrected chi connectivity index (χ4v) is 3.93. The van der Waals surface area contributed by atoms with Gasteiger partial charge in [0.25, 0.3) is 0 Å². The lowest BCUT2D eigenvalue weighted by Crippen LogP contribution is -2.27. The summed E-state index contributed by atoms with van der Waals surface area (Å²) in [7, 11) is -3.59. The fourth-order valence-electron chi connectivity index (χ4n) is 2.12. The number of nitrogens with one attached hydrogen (secondary N) is 2. The zero-order chi connectivity index (χ0) is 13.9. The molecule has 106 valence electrons. The molecule has 1 fully saturated rings. The van der Waals surface area contributed by atoms with Gasteiger partial charge in [-0.15, -0.1) is 0 Å². The maximum absolute atomic E-state index is 12.1. The van der Waals surface area contributed by atoms with Gasteiger partial charge in [0.15, 0.2) is 0 Å². The number of hydrogen-bond acceptors (Lipinski definition) is 3. The first-order valence-electron chi connectivity index (χ1n) is 6.14. The maximum atomic E-state index is 12.1. The Labute approximate surface area is 123 Å². The lowest BCUT2D eigenvalue weighted by atomic mass is 10.1. The highest BCUT2D eigenvalue weighted by Gasteiger charge is 2.19. The van der Waals surface area contributed by atoms with Crippen LogP contribution in [0.5, 0.6) is 0 Å². The summed E-state index contributed by atoms with van der Waals surface area (Å²) in [5.41, 5.74) is 0. The average Bonchev–Trinajstić information content (AvgIpc) is 2.85. The van der Waals surface area contributed by atoms with Gasteiger partial charge in [0, 0.05) is 11.6 Å². The van der Waals surface area contributed by atoms with Crippen LogP contribution in [0.3, 0.4) is 0 Å². The van der Waals surface area contributed by atoms with Crippen LogP contribution in [0.25, 0.3) is 0 Å². The summed E-state index contributed by atoms with van der Waals surface area (Å²) in [4.78, 5) is 0.0335. The van der Waals surface area contributed by atoms with Crippen LogP contribution in [0.2, 0.25) is 10.0 Å². The minimum atomic E-state index is -3.59. The molecule has 1 atom stereocenters. The van der Waals surface area contributed by atoms with E-state index in [4.69, 9.17) is 23.2 Å². The molecule has 1 saturated heterocycles. The van der Waals surface area contributed by atoms with Crippen LogP contribution in [0, 0.1) is 5.92 Å². The van der Waals surface area contributed by atoms with Crippen LogP contribution in [0.1, 0.15) is 12.8 Å². The molecule has 0 aliphatic carbocycles. The van der Waals surface area contributed by atoms with Crippen LogP contribution >= 0.6 is 23.2 Å². The second-order valence-electron chi connectivity index (χ2n) is 4.62. The molecule has 0 saturated carbocycles. The van der Waals surface area contributed by atoms with E-state index >= 15 is 0 Å². The lowest BCUT2D eigenvalue weighted by molar-refractivity contribution is 0.519. The fraction of sp³-hybridized carbons (Fsp3) is 0.500. The highest BCUT2D eigenvalue weighted by Crippen LogP contribution is 2.24. The summed E-state index contributed by atoms with van der Waals surface area (Å²) < 4.78 is 26.8. The maximum Gasteiger partial charge on any atom is 0.242 e. The van der Waals surface area contributed by atoms with Gasteiger partial charge in [-0.25, -0.2) is 13.1 Å². The molecule has 1 heterocycles. The Hall–Kier alpha value is -0.330. The van der Waals surface area contributed by atoms with Crippen molar-refractivity contribution in [1.29, 1.82) is 0 Å². The smallest absolute Gasteiger partial charge is 0.242 e. The Bertz CT molecular complexity index is 543. The monoisotopic (exact) mass is 322 g/mol. The number of halogens is 2. The molecular formula is C12H16Cl2N2O2S. The van der Waals surface area contributed by atoms with Gasteiger partial charge in [-0.2, -0.15) is 0 Å². The van der Waals surface area contributed by atoms with Crippen molar-refractivity contribution in [3.05, 3.63) is 28.2 Å². The van der Waals surface area contributed by atoms with E-state index < -0.39 is 10.0 Å². The molecule has 19 heavy (non-hydrogen) atoms. The second kappa shape index (κ2) is 6.41. The summed E-state index contributed by atoms with van der Waals surface area (Å²) in [5.74, 6) is 0.539. The molecule has 0 spiro atoms. The standard InChI is InChI=1S/C12H16Cl2N2O2S/c13-10-1-2-11(14)12(7-10)19(17,18)16-6-4-9-3-5-15-8-9/h1-2,7,9,15-16H,3-6,8H2. The third-order valence-electron chi connectivity index (χ3n) is 3.19. The van der Waals surface area contributed by atoms with Gasteiger partial charge in [0.05, 0.1) is 5.02 Å². The summed E-state index contributed by atoms with van der Waals surface area (Å²) >= 11 is 11.7. The second-order valence-corrected chi connectivity index (χ2v) is 7.20. The van der Waals surface area contributed by atoms with Gasteiger partial charge >= 0.3 is 0 Å². The van der Waals surface area contributed by atoms with Gasteiger partial charge in [-0.3, -0.25) is 0 Å². The van der Waals surface area contributed by atoms with Crippen molar-refractivity contribution in [3.8, 4) is 0 Å². The Balaban J connectivity index is 1.99. The molecule has 7 heteroatoms. The summed E-state index contributed by atoms with van der Waals surface area (Å²) in [6, 6.07) is 4.41. The largest absolute Gasteiger partial charge is 0.316 e. The lowest BCUT2D eigenvalue weighted by Gasteiger charge is -2.11. The summed E-state index contributed by atoms with van der Waals surface area (Å²) in [6.07, 6.45) is 1.92. The Kier molecular flexibility index (Phi) is 5.09. The molecule has 1 unspecified atom stereocenters. The highest BCUT2D eigenvalue weighted by atomic mass is 35.5. The molecule has 0 aromatic heterocycles. The van der Waals surface area contributed by atoms with Crippen LogP contribution < -0.4 is 10.0 Å². The molecule has 0 radical (unpaired) electrons. The van der Waals surface area contributed by atoms with Gasteiger partial charge in [0.1, 0.15) is 4.90 Å². The molecule has 0 bridgehead atoms. The first-order valence-corrected chi connectivity index (χ1v) is 8.38. The van der Waals surface area contributed by atoms with Gasteiger partial charge in [-0.05, 0) is 50.0 Å². The van der Waals surface area contributed by atoms with Crippen molar-refractivity contribution in [3.63, 3.8) is 0 Å². The van der Waals surface area contributed by atoms with Crippen molar-refractivity contribution in [1.82, 2.24) is 10.0 Å². The zero-order valence-corrected chi connectivity index (χ0v) is 12.7. The van der Waals surface area contributed by atoms with Crippen LogP contribution in [-0.2, 0) is 10.0 Å². The van der Waals surface area contributed by atoms with Crippen molar-refractivity contribution < 1.29 is 8.42 Å². The van der Waals surface area contributed by atoms with E-state index in [1.807, 2.05) is 0 Å². The average molecular weight is 323 g/mol. The van der Waals surface area contributed by atoms with E-state index in [-0.39, 0.29) is 9.92 Å². The van der Waals surface area contributed by atoms with E-state index in [0.29, 0.717) is 17.5 Å². The Morgan fingerprint density at radius 2 is 2.16 bits per heavy atom. The Morgan fingerprint density at radius 1 is 1.37 bits per heavy atom. The molecule has 0 amide bonds. The van der Waals surface area contributed by atoms with Crippen molar-refractivity contribution in [2.75, 3.05) is 19.6 Å². The minimum absolute atomic E-state index is 0.0335. The number of rotatable bonds is 5. The summed E-state index contributed by atoms with van der Waals surface area (Å²) in [5, 5.41) is 3.78. The zero-order valence-electron chi connectivity index (χ0n) is 10.3. The molecule has 1 aliphatic rings. The Morgan fingerprint density at radius 3 is 2.84 bits per heavy atom. The SMILES string of the molecule is O=S(=O)(NCCC1CCNC1)c1cc(Cl)ccc1Cl. The van der Waals surface area contributed by atoms with Crippen LogP contribution in [-0.4, -0.2) is 28.1 Å². The van der Waals surface area contributed by atoms with Crippen molar-refractivity contribution >= 4 is 33.2 Å².